The van der Waals surface area contributed by atoms with Gasteiger partial charge in [0.15, 0.2) is 6.61 Å². The Morgan fingerprint density at radius 3 is 2.27 bits per heavy atom. The van der Waals surface area contributed by atoms with Crippen molar-refractivity contribution in [2.45, 2.75) is 6.92 Å². The van der Waals surface area contributed by atoms with E-state index in [1.165, 1.54) is 0 Å². The molecule has 0 aliphatic rings. The topological polar surface area (TPSA) is 46.6 Å². The molecule has 4 nitrogen and oxygen atoms in total. The Morgan fingerprint density at radius 2 is 1.68 bits per heavy atom. The van der Waals surface area contributed by atoms with Crippen LogP contribution in [0.2, 0.25) is 0 Å². The minimum Gasteiger partial charge on any atom is -0.452 e. The van der Waals surface area contributed by atoms with Gasteiger partial charge in [0.05, 0.1) is 5.56 Å². The van der Waals surface area contributed by atoms with Crippen molar-refractivity contribution in [3.8, 4) is 0 Å². The van der Waals surface area contributed by atoms with E-state index in [0.29, 0.717) is 12.1 Å². The third kappa shape index (κ3) is 4.30. The van der Waals surface area contributed by atoms with Crippen LogP contribution >= 0.6 is 22.6 Å². The SMILES string of the molecule is CCN(C(=O)COC(=O)c1ccc(I)cc1)c1ccccc1. The molecule has 114 valence electrons. The lowest BCUT2D eigenvalue weighted by molar-refractivity contribution is -0.121. The lowest BCUT2D eigenvalue weighted by atomic mass is 10.2. The van der Waals surface area contributed by atoms with Crippen molar-refractivity contribution in [2.24, 2.45) is 0 Å². The van der Waals surface area contributed by atoms with Gasteiger partial charge in [-0.3, -0.25) is 4.79 Å². The van der Waals surface area contributed by atoms with Crippen LogP contribution in [-0.2, 0) is 9.53 Å². The molecule has 0 heterocycles. The van der Waals surface area contributed by atoms with E-state index in [9.17, 15) is 9.59 Å². The van der Waals surface area contributed by atoms with E-state index in [-0.39, 0.29) is 12.5 Å². The van der Waals surface area contributed by atoms with E-state index in [1.807, 2.05) is 49.4 Å². The Labute approximate surface area is 143 Å². The van der Waals surface area contributed by atoms with Gasteiger partial charge in [0.1, 0.15) is 0 Å². The standard InChI is InChI=1S/C17H16INO3/c1-2-19(15-6-4-3-5-7-15)16(20)12-22-17(21)13-8-10-14(18)11-9-13/h3-11H,2,12H2,1H3. The molecule has 0 saturated heterocycles. The number of carbonyl (C=O) groups excluding carboxylic acids is 2. The fraction of sp³-hybridized carbons (Fsp3) is 0.176. The summed E-state index contributed by atoms with van der Waals surface area (Å²) in [6.45, 7) is 2.13. The number of benzene rings is 2. The number of amides is 1. The van der Waals surface area contributed by atoms with E-state index >= 15 is 0 Å². The lowest BCUT2D eigenvalue weighted by Gasteiger charge is -2.20. The molecule has 2 aromatic rings. The van der Waals surface area contributed by atoms with Gasteiger partial charge in [0.25, 0.3) is 5.91 Å². The van der Waals surface area contributed by atoms with Gasteiger partial charge in [-0.1, -0.05) is 18.2 Å². The molecule has 0 unspecified atom stereocenters. The van der Waals surface area contributed by atoms with E-state index in [2.05, 4.69) is 22.6 Å². The summed E-state index contributed by atoms with van der Waals surface area (Å²) in [4.78, 5) is 25.7. The highest BCUT2D eigenvalue weighted by atomic mass is 127. The summed E-state index contributed by atoms with van der Waals surface area (Å²) in [6.07, 6.45) is 0. The molecule has 0 saturated carbocycles. The van der Waals surface area contributed by atoms with Crippen LogP contribution in [0.15, 0.2) is 54.6 Å². The van der Waals surface area contributed by atoms with Crippen LogP contribution in [0.5, 0.6) is 0 Å². The van der Waals surface area contributed by atoms with E-state index < -0.39 is 5.97 Å². The van der Waals surface area contributed by atoms with Crippen molar-refractivity contribution >= 4 is 40.2 Å². The molecule has 22 heavy (non-hydrogen) atoms. The third-order valence-corrected chi connectivity index (χ3v) is 3.81. The molecule has 1 amide bonds. The monoisotopic (exact) mass is 409 g/mol. The number of anilines is 1. The minimum atomic E-state index is -0.492. The second-order valence-corrected chi connectivity index (χ2v) is 5.80. The van der Waals surface area contributed by atoms with E-state index in [0.717, 1.165) is 9.26 Å². The summed E-state index contributed by atoms with van der Waals surface area (Å²) in [5.74, 6) is -0.735. The van der Waals surface area contributed by atoms with Gasteiger partial charge >= 0.3 is 5.97 Å². The highest BCUT2D eigenvalue weighted by Crippen LogP contribution is 2.13. The molecule has 2 aromatic carbocycles. The summed E-state index contributed by atoms with van der Waals surface area (Å²) in [6, 6.07) is 16.3. The van der Waals surface area contributed by atoms with E-state index in [4.69, 9.17) is 4.74 Å². The number of nitrogens with zero attached hydrogens (tertiary/aromatic N) is 1. The van der Waals surface area contributed by atoms with Crippen molar-refractivity contribution in [3.63, 3.8) is 0 Å². The maximum Gasteiger partial charge on any atom is 0.338 e. The van der Waals surface area contributed by atoms with Crippen LogP contribution in [-0.4, -0.2) is 25.0 Å². The molecule has 2 rings (SSSR count). The molecule has 0 N–H and O–H groups in total. The number of esters is 1. The maximum atomic E-state index is 12.2. The summed E-state index contributed by atoms with van der Waals surface area (Å²) in [5, 5.41) is 0. The number of para-hydroxylation sites is 1. The van der Waals surface area contributed by atoms with Gasteiger partial charge in [0.2, 0.25) is 0 Å². The molecule has 5 heteroatoms. The van der Waals surface area contributed by atoms with Crippen LogP contribution < -0.4 is 4.90 Å². The molecule has 0 aliphatic heterocycles. The number of hydrogen-bond donors (Lipinski definition) is 0. The summed E-state index contributed by atoms with van der Waals surface area (Å²) < 4.78 is 6.14. The van der Waals surface area contributed by atoms with Crippen molar-refractivity contribution in [1.82, 2.24) is 0 Å². The van der Waals surface area contributed by atoms with Gasteiger partial charge in [-0.25, -0.2) is 4.79 Å². The van der Waals surface area contributed by atoms with Crippen molar-refractivity contribution in [1.29, 1.82) is 0 Å². The zero-order valence-corrected chi connectivity index (χ0v) is 14.3. The fourth-order valence-electron chi connectivity index (χ4n) is 1.99. The predicted octanol–water partition coefficient (Wildman–Crippen LogP) is 3.50. The second kappa shape index (κ2) is 7.93. The second-order valence-electron chi connectivity index (χ2n) is 4.56. The normalized spacial score (nSPS) is 10.1. The van der Waals surface area contributed by atoms with Crippen molar-refractivity contribution < 1.29 is 14.3 Å². The molecule has 0 fully saturated rings. The first-order valence-electron chi connectivity index (χ1n) is 6.90. The average molecular weight is 409 g/mol. The molecule has 0 bridgehead atoms. The number of ether oxygens (including phenoxy) is 1. The number of rotatable bonds is 5. The smallest absolute Gasteiger partial charge is 0.338 e. The summed E-state index contributed by atoms with van der Waals surface area (Å²) in [7, 11) is 0. The predicted molar refractivity (Wildman–Crippen MR) is 93.9 cm³/mol. The van der Waals surface area contributed by atoms with Crippen LogP contribution in [0, 0.1) is 3.57 Å². The molecular weight excluding hydrogens is 393 g/mol. The number of hydrogen-bond acceptors (Lipinski definition) is 3. The van der Waals surface area contributed by atoms with Gasteiger partial charge in [-0.2, -0.15) is 0 Å². The van der Waals surface area contributed by atoms with Crippen LogP contribution in [0.25, 0.3) is 0 Å². The van der Waals surface area contributed by atoms with Crippen molar-refractivity contribution in [2.75, 3.05) is 18.1 Å². The van der Waals surface area contributed by atoms with Crippen LogP contribution in [0.3, 0.4) is 0 Å². The first kappa shape index (κ1) is 16.5. The molecule has 0 radical (unpaired) electrons. The average Bonchev–Trinajstić information content (AvgIpc) is 2.55. The van der Waals surface area contributed by atoms with Gasteiger partial charge in [-0.15, -0.1) is 0 Å². The highest BCUT2D eigenvalue weighted by molar-refractivity contribution is 14.1. The number of halogens is 1. The molecule has 0 aromatic heterocycles. The van der Waals surface area contributed by atoms with E-state index in [1.54, 1.807) is 17.0 Å². The molecule has 0 spiro atoms. The van der Waals surface area contributed by atoms with Gasteiger partial charge in [0, 0.05) is 15.8 Å². The Bertz CT molecular complexity index is 641. The first-order chi connectivity index (χ1) is 10.6. The number of likely N-dealkylation sites (N-methyl/N-ethyl adjacent to an activating group) is 1. The zero-order chi connectivity index (χ0) is 15.9. The largest absolute Gasteiger partial charge is 0.452 e. The maximum absolute atomic E-state index is 12.2. The summed E-state index contributed by atoms with van der Waals surface area (Å²) in [5.41, 5.74) is 1.23. The fourth-order valence-corrected chi connectivity index (χ4v) is 2.34. The van der Waals surface area contributed by atoms with Crippen LogP contribution in [0.1, 0.15) is 17.3 Å². The Kier molecular flexibility index (Phi) is 5.94. The molecular formula is C17H16INO3. The van der Waals surface area contributed by atoms with Gasteiger partial charge in [-0.05, 0) is 65.9 Å². The molecule has 0 aliphatic carbocycles. The Balaban J connectivity index is 1.96. The number of carbonyl (C=O) groups is 2. The quantitative estimate of drug-likeness (QED) is 0.561. The summed E-state index contributed by atoms with van der Waals surface area (Å²) >= 11 is 2.16. The van der Waals surface area contributed by atoms with Gasteiger partial charge < -0.3 is 9.64 Å². The highest BCUT2D eigenvalue weighted by Gasteiger charge is 2.16. The Hall–Kier alpha value is -1.89. The third-order valence-electron chi connectivity index (χ3n) is 3.09. The Morgan fingerprint density at radius 1 is 1.05 bits per heavy atom. The minimum absolute atomic E-state index is 0.243. The lowest BCUT2D eigenvalue weighted by Crippen LogP contribution is -2.34. The van der Waals surface area contributed by atoms with Crippen molar-refractivity contribution in [3.05, 3.63) is 63.7 Å². The molecule has 0 atom stereocenters. The van der Waals surface area contributed by atoms with Crippen LogP contribution in [0.4, 0.5) is 5.69 Å². The first-order valence-corrected chi connectivity index (χ1v) is 7.97. The zero-order valence-electron chi connectivity index (χ0n) is 12.2.